The first-order valence-electron chi connectivity index (χ1n) is 5.71. The van der Waals surface area contributed by atoms with Crippen molar-refractivity contribution in [1.29, 1.82) is 0 Å². The molecular weight excluding hydrogens is 331 g/mol. The molecule has 0 heterocycles. The fourth-order valence-corrected chi connectivity index (χ4v) is 3.31. The van der Waals surface area contributed by atoms with Crippen LogP contribution >= 0.6 is 39.1 Å². The molecule has 3 heteroatoms. The van der Waals surface area contributed by atoms with Gasteiger partial charge in [-0.3, -0.25) is 0 Å². The Morgan fingerprint density at radius 1 is 1.06 bits per heavy atom. The first-order chi connectivity index (χ1) is 8.58. The van der Waals surface area contributed by atoms with Crippen molar-refractivity contribution < 1.29 is 0 Å². The summed E-state index contributed by atoms with van der Waals surface area (Å²) in [6.07, 6.45) is 0.822. The van der Waals surface area contributed by atoms with Gasteiger partial charge in [0.2, 0.25) is 0 Å². The summed E-state index contributed by atoms with van der Waals surface area (Å²) in [5.41, 5.74) is 3.39. The van der Waals surface area contributed by atoms with Gasteiger partial charge in [-0.25, -0.2) is 0 Å². The van der Waals surface area contributed by atoms with Gasteiger partial charge in [-0.15, -0.1) is 0 Å². The SMILES string of the molecule is Cc1ccc(C(Br)Cc2ccccc2Cl)c(Cl)c1. The van der Waals surface area contributed by atoms with Gasteiger partial charge in [0.15, 0.2) is 0 Å². The second kappa shape index (κ2) is 6.10. The van der Waals surface area contributed by atoms with Crippen LogP contribution in [0.15, 0.2) is 42.5 Å². The average Bonchev–Trinajstić information content (AvgIpc) is 2.32. The molecule has 0 fully saturated rings. The number of hydrogen-bond acceptors (Lipinski definition) is 0. The summed E-state index contributed by atoms with van der Waals surface area (Å²) in [6, 6.07) is 14.0. The van der Waals surface area contributed by atoms with Gasteiger partial charge in [-0.1, -0.05) is 69.5 Å². The van der Waals surface area contributed by atoms with Crippen molar-refractivity contribution in [3.8, 4) is 0 Å². The quantitative estimate of drug-likeness (QED) is 0.601. The summed E-state index contributed by atoms with van der Waals surface area (Å²) in [5.74, 6) is 0. The van der Waals surface area contributed by atoms with Crippen LogP contribution in [-0.2, 0) is 6.42 Å². The van der Waals surface area contributed by atoms with E-state index in [2.05, 4.69) is 28.1 Å². The van der Waals surface area contributed by atoms with Crippen molar-refractivity contribution in [2.24, 2.45) is 0 Å². The minimum Gasteiger partial charge on any atom is -0.0840 e. The Hall–Kier alpha value is -0.500. The maximum absolute atomic E-state index is 6.27. The van der Waals surface area contributed by atoms with Gasteiger partial charge in [-0.05, 0) is 42.2 Å². The van der Waals surface area contributed by atoms with E-state index >= 15 is 0 Å². The van der Waals surface area contributed by atoms with Crippen LogP contribution in [0.3, 0.4) is 0 Å². The lowest BCUT2D eigenvalue weighted by Gasteiger charge is -2.13. The highest BCUT2D eigenvalue weighted by Crippen LogP contribution is 2.34. The smallest absolute Gasteiger partial charge is 0.0452 e. The zero-order valence-electron chi connectivity index (χ0n) is 9.96. The maximum atomic E-state index is 6.27. The lowest BCUT2D eigenvalue weighted by Crippen LogP contribution is -1.97. The summed E-state index contributed by atoms with van der Waals surface area (Å²) in [6.45, 7) is 2.03. The Balaban J connectivity index is 2.22. The largest absolute Gasteiger partial charge is 0.0840 e. The molecule has 0 saturated heterocycles. The van der Waals surface area contributed by atoms with E-state index in [1.165, 1.54) is 5.56 Å². The lowest BCUT2D eigenvalue weighted by molar-refractivity contribution is 0.948. The number of aryl methyl sites for hydroxylation is 1. The van der Waals surface area contributed by atoms with Gasteiger partial charge < -0.3 is 0 Å². The number of halogens is 3. The highest BCUT2D eigenvalue weighted by Gasteiger charge is 2.13. The molecular formula is C15H13BrCl2. The second-order valence-electron chi connectivity index (χ2n) is 4.29. The molecule has 0 spiro atoms. The third kappa shape index (κ3) is 3.28. The van der Waals surface area contributed by atoms with E-state index in [1.54, 1.807) is 0 Å². The van der Waals surface area contributed by atoms with Gasteiger partial charge in [0.1, 0.15) is 0 Å². The molecule has 0 aliphatic rings. The van der Waals surface area contributed by atoms with Gasteiger partial charge in [-0.2, -0.15) is 0 Å². The van der Waals surface area contributed by atoms with Crippen LogP contribution in [-0.4, -0.2) is 0 Å². The predicted molar refractivity (Wildman–Crippen MR) is 83.0 cm³/mol. The molecule has 1 atom stereocenters. The van der Waals surface area contributed by atoms with E-state index < -0.39 is 0 Å². The molecule has 2 rings (SSSR count). The third-order valence-electron chi connectivity index (χ3n) is 2.85. The standard InChI is InChI=1S/C15H13BrCl2/c1-10-6-7-12(15(18)8-10)13(16)9-11-4-2-3-5-14(11)17/h2-8,13H,9H2,1H3. The van der Waals surface area contributed by atoms with Crippen LogP contribution in [0.5, 0.6) is 0 Å². The van der Waals surface area contributed by atoms with E-state index in [0.29, 0.717) is 0 Å². The molecule has 0 amide bonds. The molecule has 0 radical (unpaired) electrons. The number of hydrogen-bond donors (Lipinski definition) is 0. The van der Waals surface area contributed by atoms with Crippen molar-refractivity contribution in [3.05, 3.63) is 69.2 Å². The molecule has 0 nitrogen and oxygen atoms in total. The zero-order chi connectivity index (χ0) is 13.1. The summed E-state index contributed by atoms with van der Waals surface area (Å²) < 4.78 is 0. The van der Waals surface area contributed by atoms with Crippen molar-refractivity contribution in [2.45, 2.75) is 18.2 Å². The van der Waals surface area contributed by atoms with Gasteiger partial charge in [0, 0.05) is 14.9 Å². The Bertz CT molecular complexity index is 552. The normalized spacial score (nSPS) is 12.4. The minimum absolute atomic E-state index is 0.172. The number of benzene rings is 2. The Kier molecular flexibility index (Phi) is 4.71. The highest BCUT2D eigenvalue weighted by molar-refractivity contribution is 9.09. The summed E-state index contributed by atoms with van der Waals surface area (Å²) in [7, 11) is 0. The van der Waals surface area contributed by atoms with Crippen LogP contribution in [0, 0.1) is 6.92 Å². The number of alkyl halides is 1. The second-order valence-corrected chi connectivity index (χ2v) is 6.21. The predicted octanol–water partition coefficient (Wildman–Crippen LogP) is 5.98. The molecule has 94 valence electrons. The first-order valence-corrected chi connectivity index (χ1v) is 7.38. The van der Waals surface area contributed by atoms with Gasteiger partial charge >= 0.3 is 0 Å². The lowest BCUT2D eigenvalue weighted by atomic mass is 10.0. The van der Waals surface area contributed by atoms with Crippen molar-refractivity contribution in [1.82, 2.24) is 0 Å². The van der Waals surface area contributed by atoms with Crippen LogP contribution in [0.4, 0.5) is 0 Å². The highest BCUT2D eigenvalue weighted by atomic mass is 79.9. The molecule has 18 heavy (non-hydrogen) atoms. The van der Waals surface area contributed by atoms with Crippen molar-refractivity contribution in [3.63, 3.8) is 0 Å². The van der Waals surface area contributed by atoms with E-state index in [0.717, 1.165) is 27.6 Å². The van der Waals surface area contributed by atoms with Crippen LogP contribution in [0.1, 0.15) is 21.5 Å². The molecule has 1 unspecified atom stereocenters. The number of rotatable bonds is 3. The van der Waals surface area contributed by atoms with Gasteiger partial charge in [0.05, 0.1) is 0 Å². The summed E-state index contributed by atoms with van der Waals surface area (Å²) >= 11 is 16.1. The van der Waals surface area contributed by atoms with E-state index in [9.17, 15) is 0 Å². The van der Waals surface area contributed by atoms with Gasteiger partial charge in [0.25, 0.3) is 0 Å². The maximum Gasteiger partial charge on any atom is 0.0452 e. The van der Waals surface area contributed by atoms with E-state index in [1.807, 2.05) is 37.3 Å². The van der Waals surface area contributed by atoms with E-state index in [-0.39, 0.29) is 4.83 Å². The third-order valence-corrected chi connectivity index (χ3v) is 4.36. The van der Waals surface area contributed by atoms with Crippen molar-refractivity contribution >= 4 is 39.1 Å². The zero-order valence-corrected chi connectivity index (χ0v) is 13.1. The van der Waals surface area contributed by atoms with Crippen LogP contribution in [0.2, 0.25) is 10.0 Å². The van der Waals surface area contributed by atoms with Crippen molar-refractivity contribution in [2.75, 3.05) is 0 Å². The minimum atomic E-state index is 0.172. The fourth-order valence-electron chi connectivity index (χ4n) is 1.85. The molecule has 0 aromatic heterocycles. The topological polar surface area (TPSA) is 0 Å². The van der Waals surface area contributed by atoms with Crippen LogP contribution < -0.4 is 0 Å². The molecule has 2 aromatic carbocycles. The Morgan fingerprint density at radius 3 is 2.44 bits per heavy atom. The molecule has 0 aliphatic heterocycles. The Labute approximate surface area is 126 Å². The Morgan fingerprint density at radius 2 is 1.78 bits per heavy atom. The van der Waals surface area contributed by atoms with E-state index in [4.69, 9.17) is 23.2 Å². The molecule has 2 aromatic rings. The van der Waals surface area contributed by atoms with Crippen LogP contribution in [0.25, 0.3) is 0 Å². The monoisotopic (exact) mass is 342 g/mol. The summed E-state index contributed by atoms with van der Waals surface area (Å²) in [4.78, 5) is 0.172. The summed E-state index contributed by atoms with van der Waals surface area (Å²) in [5, 5.41) is 1.59. The fraction of sp³-hybridized carbons (Fsp3) is 0.200. The molecule has 0 N–H and O–H groups in total. The molecule has 0 bridgehead atoms. The average molecular weight is 344 g/mol. The first kappa shape index (κ1) is 13.9. The molecule has 0 saturated carbocycles. The molecule has 0 aliphatic carbocycles.